The number of aliphatic hydroxyl groups excluding tert-OH is 4. The summed E-state index contributed by atoms with van der Waals surface area (Å²) in [6.07, 6.45) is -2.63. The predicted molar refractivity (Wildman–Crippen MR) is 112 cm³/mol. The maximum Gasteiger partial charge on any atom is 0.126 e. The van der Waals surface area contributed by atoms with Crippen molar-refractivity contribution in [3.63, 3.8) is 0 Å². The Labute approximate surface area is 176 Å². The highest BCUT2D eigenvalue weighted by Gasteiger charge is 2.45. The third-order valence-electron chi connectivity index (χ3n) is 6.17. The van der Waals surface area contributed by atoms with Gasteiger partial charge < -0.3 is 29.9 Å². The molecule has 160 valence electrons. The summed E-state index contributed by atoms with van der Waals surface area (Å²) in [6.45, 7) is 5.83. The molecule has 0 bridgehead atoms. The van der Waals surface area contributed by atoms with Crippen LogP contribution in [0.3, 0.4) is 0 Å². The Morgan fingerprint density at radius 1 is 1.10 bits per heavy atom. The average molecular weight is 412 g/mol. The van der Waals surface area contributed by atoms with E-state index in [4.69, 9.17) is 9.47 Å². The van der Waals surface area contributed by atoms with Crippen LogP contribution in [0, 0.1) is 6.92 Å². The van der Waals surface area contributed by atoms with Gasteiger partial charge in [0.05, 0.1) is 13.2 Å². The first kappa shape index (κ1) is 21.0. The van der Waals surface area contributed by atoms with Crippen LogP contribution in [0.5, 0.6) is 5.75 Å². The van der Waals surface area contributed by atoms with E-state index in [0.29, 0.717) is 18.6 Å². The van der Waals surface area contributed by atoms with Gasteiger partial charge in [0, 0.05) is 12.0 Å². The monoisotopic (exact) mass is 412 g/mol. The van der Waals surface area contributed by atoms with E-state index in [0.717, 1.165) is 40.0 Å². The molecular weight excluding hydrogens is 384 g/mol. The molecular formula is C24H28O6. The number of hydrogen-bond acceptors (Lipinski definition) is 6. The summed E-state index contributed by atoms with van der Waals surface area (Å²) in [5, 5.41) is 40.5. The molecule has 4 rings (SSSR count). The Balaban J connectivity index is 1.73. The summed E-state index contributed by atoms with van der Waals surface area (Å²) >= 11 is 0. The third-order valence-corrected chi connectivity index (χ3v) is 6.17. The lowest BCUT2D eigenvalue weighted by Crippen LogP contribution is -2.55. The highest BCUT2D eigenvalue weighted by atomic mass is 16.5. The van der Waals surface area contributed by atoms with Gasteiger partial charge in [-0.2, -0.15) is 0 Å². The van der Waals surface area contributed by atoms with Gasteiger partial charge in [-0.1, -0.05) is 43.0 Å². The Bertz CT molecular complexity index is 920. The van der Waals surface area contributed by atoms with Gasteiger partial charge >= 0.3 is 0 Å². The summed E-state index contributed by atoms with van der Waals surface area (Å²) < 4.78 is 11.7. The van der Waals surface area contributed by atoms with Gasteiger partial charge in [-0.3, -0.25) is 0 Å². The summed E-state index contributed by atoms with van der Waals surface area (Å²) in [7, 11) is 0. The molecule has 6 nitrogen and oxygen atoms in total. The van der Waals surface area contributed by atoms with Crippen molar-refractivity contribution in [3.05, 3.63) is 70.3 Å². The Hall–Kier alpha value is -2.22. The van der Waals surface area contributed by atoms with Gasteiger partial charge in [0.15, 0.2) is 0 Å². The smallest absolute Gasteiger partial charge is 0.126 e. The number of benzene rings is 2. The molecule has 4 N–H and O–H groups in total. The molecule has 0 unspecified atom stereocenters. The van der Waals surface area contributed by atoms with Crippen LogP contribution in [0.25, 0.3) is 6.08 Å². The molecule has 5 atom stereocenters. The van der Waals surface area contributed by atoms with E-state index in [9.17, 15) is 20.4 Å². The van der Waals surface area contributed by atoms with Crippen LogP contribution in [-0.4, -0.2) is 58.1 Å². The Morgan fingerprint density at radius 2 is 1.83 bits per heavy atom. The predicted octanol–water partition coefficient (Wildman–Crippen LogP) is 1.68. The normalized spacial score (nSPS) is 28.1. The quantitative estimate of drug-likeness (QED) is 0.596. The number of rotatable bonds is 5. The van der Waals surface area contributed by atoms with Gasteiger partial charge in [0.25, 0.3) is 0 Å². The first-order valence-corrected chi connectivity index (χ1v) is 10.2. The zero-order valence-corrected chi connectivity index (χ0v) is 17.0. The molecule has 2 aliphatic heterocycles. The number of hydrogen-bond donors (Lipinski definition) is 4. The minimum absolute atomic E-state index is 0.454. The fourth-order valence-corrected chi connectivity index (χ4v) is 4.41. The number of fused-ring (bicyclic) bond motifs is 1. The van der Waals surface area contributed by atoms with Crippen LogP contribution >= 0.6 is 0 Å². The lowest BCUT2D eigenvalue weighted by molar-refractivity contribution is -0.231. The van der Waals surface area contributed by atoms with E-state index in [1.165, 1.54) is 0 Å². The van der Waals surface area contributed by atoms with E-state index in [1.807, 2.05) is 25.1 Å². The van der Waals surface area contributed by atoms with E-state index < -0.39 is 37.1 Å². The molecule has 0 aromatic heterocycles. The highest BCUT2D eigenvalue weighted by Crippen LogP contribution is 2.42. The van der Waals surface area contributed by atoms with Crippen molar-refractivity contribution in [3.8, 4) is 5.75 Å². The van der Waals surface area contributed by atoms with Crippen molar-refractivity contribution in [1.82, 2.24) is 0 Å². The topological polar surface area (TPSA) is 99.4 Å². The Kier molecular flexibility index (Phi) is 5.95. The van der Waals surface area contributed by atoms with E-state index in [2.05, 4.69) is 18.7 Å². The fraction of sp³-hybridized carbons (Fsp3) is 0.417. The molecule has 1 fully saturated rings. The highest BCUT2D eigenvalue weighted by molar-refractivity contribution is 5.55. The second-order valence-electron chi connectivity index (χ2n) is 8.03. The zero-order valence-electron chi connectivity index (χ0n) is 17.0. The van der Waals surface area contributed by atoms with Crippen LogP contribution in [0.2, 0.25) is 0 Å². The first-order valence-electron chi connectivity index (χ1n) is 10.2. The van der Waals surface area contributed by atoms with Crippen molar-refractivity contribution in [1.29, 1.82) is 0 Å². The van der Waals surface area contributed by atoms with Crippen LogP contribution < -0.4 is 4.74 Å². The standard InChI is InChI=1S/C24H28O6/c1-3-14-4-6-15(7-5-14)10-16-11-18(13(2)23-17(16)8-9-29-23)24-22(28)21(27)20(26)19(12-25)30-24/h3-7,11,19-22,24-28H,1,8-10,12H2,2H3/t19-,20-,21+,22-,24+/m1/s1. The van der Waals surface area contributed by atoms with Crippen LogP contribution in [0.1, 0.15) is 39.5 Å². The van der Waals surface area contributed by atoms with E-state index >= 15 is 0 Å². The minimum atomic E-state index is -1.41. The molecule has 0 spiro atoms. The molecule has 2 aromatic rings. The Morgan fingerprint density at radius 3 is 2.50 bits per heavy atom. The van der Waals surface area contributed by atoms with Gasteiger partial charge in [-0.15, -0.1) is 0 Å². The molecule has 0 amide bonds. The number of aliphatic hydroxyl groups is 4. The zero-order chi connectivity index (χ0) is 21.4. The lowest BCUT2D eigenvalue weighted by atomic mass is 9.85. The van der Waals surface area contributed by atoms with Gasteiger partial charge in [0.1, 0.15) is 36.3 Å². The minimum Gasteiger partial charge on any atom is -0.493 e. The molecule has 30 heavy (non-hydrogen) atoms. The van der Waals surface area contributed by atoms with Crippen molar-refractivity contribution in [2.45, 2.75) is 50.3 Å². The van der Waals surface area contributed by atoms with Gasteiger partial charge in [-0.05, 0) is 41.2 Å². The van der Waals surface area contributed by atoms with Crippen LogP contribution in [0.4, 0.5) is 0 Å². The molecule has 0 saturated carbocycles. The maximum atomic E-state index is 10.6. The molecule has 0 aliphatic carbocycles. The molecule has 2 heterocycles. The molecule has 2 aliphatic rings. The van der Waals surface area contributed by atoms with Gasteiger partial charge in [0.2, 0.25) is 0 Å². The van der Waals surface area contributed by atoms with Gasteiger partial charge in [-0.25, -0.2) is 0 Å². The molecule has 2 aromatic carbocycles. The second-order valence-corrected chi connectivity index (χ2v) is 8.03. The summed E-state index contributed by atoms with van der Waals surface area (Å²) in [4.78, 5) is 0. The third kappa shape index (κ3) is 3.66. The van der Waals surface area contributed by atoms with Crippen molar-refractivity contribution in [2.24, 2.45) is 0 Å². The largest absolute Gasteiger partial charge is 0.493 e. The van der Waals surface area contributed by atoms with Crippen molar-refractivity contribution in [2.75, 3.05) is 13.2 Å². The number of ether oxygens (including phenoxy) is 2. The second kappa shape index (κ2) is 8.49. The van der Waals surface area contributed by atoms with E-state index in [1.54, 1.807) is 6.08 Å². The fourth-order valence-electron chi connectivity index (χ4n) is 4.41. The average Bonchev–Trinajstić information content (AvgIpc) is 3.26. The summed E-state index contributed by atoms with van der Waals surface area (Å²) in [6, 6.07) is 10.2. The molecule has 0 radical (unpaired) electrons. The van der Waals surface area contributed by atoms with Crippen LogP contribution in [-0.2, 0) is 17.6 Å². The molecule has 6 heteroatoms. The summed E-state index contributed by atoms with van der Waals surface area (Å²) in [5.74, 6) is 0.794. The SMILES string of the molecule is C=Cc1ccc(Cc2cc([C@@H]3O[C@H](CO)[C@@H](O)[C@H](O)[C@H]3O)c(C)c3c2CCO3)cc1. The summed E-state index contributed by atoms with van der Waals surface area (Å²) in [5.41, 5.74) is 5.96. The maximum absolute atomic E-state index is 10.6. The lowest BCUT2D eigenvalue weighted by Gasteiger charge is -2.41. The van der Waals surface area contributed by atoms with Crippen LogP contribution in [0.15, 0.2) is 36.9 Å². The van der Waals surface area contributed by atoms with Crippen molar-refractivity contribution < 1.29 is 29.9 Å². The molecule has 1 saturated heterocycles. The van der Waals surface area contributed by atoms with E-state index in [-0.39, 0.29) is 0 Å². The first-order chi connectivity index (χ1) is 14.4. The van der Waals surface area contributed by atoms with Crippen molar-refractivity contribution >= 4 is 6.08 Å².